The first-order valence-corrected chi connectivity index (χ1v) is 11.1. The first-order valence-electron chi connectivity index (χ1n) is 11.1. The molecule has 1 N–H and O–H groups in total. The highest BCUT2D eigenvalue weighted by Crippen LogP contribution is 2.45. The molecule has 0 aliphatic carbocycles. The third kappa shape index (κ3) is 2.79. The highest BCUT2D eigenvalue weighted by Gasteiger charge is 2.42. The molecule has 3 saturated heterocycles. The summed E-state index contributed by atoms with van der Waals surface area (Å²) in [6.07, 6.45) is 4.00. The first kappa shape index (κ1) is 18.8. The van der Waals surface area contributed by atoms with Gasteiger partial charge in [-0.15, -0.1) is 0 Å². The van der Waals surface area contributed by atoms with Gasteiger partial charge in [0.1, 0.15) is 6.04 Å². The number of anilines is 2. The van der Waals surface area contributed by atoms with Crippen LogP contribution >= 0.6 is 0 Å². The normalized spacial score (nSPS) is 25.0. The van der Waals surface area contributed by atoms with Crippen molar-refractivity contribution in [2.45, 2.75) is 38.1 Å². The van der Waals surface area contributed by atoms with Crippen LogP contribution in [0.1, 0.15) is 42.5 Å². The third-order valence-corrected chi connectivity index (χ3v) is 7.58. The number of imide groups is 1. The fourth-order valence-corrected chi connectivity index (χ4v) is 5.77. The van der Waals surface area contributed by atoms with Crippen molar-refractivity contribution in [3.05, 3.63) is 35.9 Å². The van der Waals surface area contributed by atoms with Crippen molar-refractivity contribution in [1.82, 2.24) is 5.32 Å². The molecule has 3 amide bonds. The predicted octanol–water partition coefficient (Wildman–Crippen LogP) is 2.61. The van der Waals surface area contributed by atoms with Crippen molar-refractivity contribution in [3.8, 4) is 0 Å². The summed E-state index contributed by atoms with van der Waals surface area (Å²) < 4.78 is 5.67. The van der Waals surface area contributed by atoms with E-state index in [4.69, 9.17) is 4.74 Å². The number of hydrogen-bond donors (Lipinski definition) is 1. The van der Waals surface area contributed by atoms with Crippen LogP contribution < -0.4 is 15.1 Å². The average Bonchev–Trinajstić information content (AvgIpc) is 3.34. The maximum Gasteiger partial charge on any atom is 0.259 e. The summed E-state index contributed by atoms with van der Waals surface area (Å²) >= 11 is 0. The van der Waals surface area contributed by atoms with Gasteiger partial charge in [-0.05, 0) is 49.3 Å². The van der Waals surface area contributed by atoms with Gasteiger partial charge in [-0.2, -0.15) is 0 Å². The predicted molar refractivity (Wildman–Crippen MR) is 116 cm³/mol. The lowest BCUT2D eigenvalue weighted by Crippen LogP contribution is -2.53. The van der Waals surface area contributed by atoms with E-state index in [0.29, 0.717) is 17.4 Å². The molecule has 4 aliphatic heterocycles. The Kier molecular flexibility index (Phi) is 4.12. The summed E-state index contributed by atoms with van der Waals surface area (Å²) in [4.78, 5) is 41.4. The monoisotopic (exact) mass is 419 g/mol. The molecule has 0 saturated carbocycles. The second kappa shape index (κ2) is 6.79. The van der Waals surface area contributed by atoms with Gasteiger partial charge in [0.05, 0.1) is 17.9 Å². The highest BCUT2D eigenvalue weighted by atomic mass is 16.5. The molecule has 6 rings (SSSR count). The minimum absolute atomic E-state index is 0.159. The molecule has 4 heterocycles. The molecule has 4 aliphatic rings. The van der Waals surface area contributed by atoms with E-state index in [2.05, 4.69) is 22.3 Å². The topological polar surface area (TPSA) is 79.0 Å². The molecule has 1 unspecified atom stereocenters. The minimum atomic E-state index is -0.649. The van der Waals surface area contributed by atoms with Gasteiger partial charge in [-0.1, -0.05) is 12.1 Å². The number of benzene rings is 2. The Balaban J connectivity index is 1.37. The van der Waals surface area contributed by atoms with Crippen LogP contribution in [0.4, 0.5) is 11.4 Å². The van der Waals surface area contributed by atoms with Gasteiger partial charge >= 0.3 is 0 Å². The number of nitrogens with zero attached hydrogens (tertiary/aromatic N) is 2. The maximum absolute atomic E-state index is 13.3. The maximum atomic E-state index is 13.3. The average molecular weight is 419 g/mol. The molecular weight excluding hydrogens is 394 g/mol. The number of nitrogens with one attached hydrogen (secondary N) is 1. The van der Waals surface area contributed by atoms with Crippen molar-refractivity contribution in [3.63, 3.8) is 0 Å². The van der Waals surface area contributed by atoms with Crippen LogP contribution in [0.2, 0.25) is 0 Å². The Morgan fingerprint density at radius 3 is 2.58 bits per heavy atom. The SMILES string of the molecule is O=C1CCC(N2C(=O)c3ccc(N4CCC5(CCOC5)CC4)c4cccc2c34)C(=O)N1. The van der Waals surface area contributed by atoms with Gasteiger partial charge in [0, 0.05) is 42.6 Å². The Morgan fingerprint density at radius 1 is 1.00 bits per heavy atom. The summed E-state index contributed by atoms with van der Waals surface area (Å²) in [6.45, 7) is 3.71. The van der Waals surface area contributed by atoms with E-state index in [0.717, 1.165) is 67.7 Å². The molecular formula is C24H25N3O4. The molecule has 2 aromatic carbocycles. The standard InChI is InChI=1S/C24H25N3O4/c28-20-7-6-19(22(29)25-20)27-18-3-1-2-15-17(5-4-16(21(15)18)23(27)30)26-11-8-24(9-12-26)10-13-31-14-24/h1-5,19H,6-14H2,(H,25,28,29). The van der Waals surface area contributed by atoms with E-state index in [1.54, 1.807) is 4.90 Å². The molecule has 7 nitrogen and oxygen atoms in total. The van der Waals surface area contributed by atoms with Crippen LogP contribution in [0.3, 0.4) is 0 Å². The van der Waals surface area contributed by atoms with Gasteiger partial charge in [0.15, 0.2) is 0 Å². The molecule has 0 bridgehead atoms. The fraction of sp³-hybridized carbons (Fsp3) is 0.458. The summed E-state index contributed by atoms with van der Waals surface area (Å²) in [5, 5.41) is 4.35. The van der Waals surface area contributed by atoms with Crippen LogP contribution in [0, 0.1) is 5.41 Å². The van der Waals surface area contributed by atoms with Gasteiger partial charge in [0.2, 0.25) is 11.8 Å². The van der Waals surface area contributed by atoms with E-state index >= 15 is 0 Å². The molecule has 7 heteroatoms. The van der Waals surface area contributed by atoms with E-state index in [9.17, 15) is 14.4 Å². The Labute approximate surface area is 180 Å². The van der Waals surface area contributed by atoms with Crippen molar-refractivity contribution >= 4 is 39.9 Å². The first-order chi connectivity index (χ1) is 15.1. The zero-order chi connectivity index (χ0) is 21.2. The van der Waals surface area contributed by atoms with E-state index in [1.807, 2.05) is 18.2 Å². The summed E-state index contributed by atoms with van der Waals surface area (Å²) in [7, 11) is 0. The summed E-state index contributed by atoms with van der Waals surface area (Å²) in [6, 6.07) is 9.24. The zero-order valence-corrected chi connectivity index (χ0v) is 17.4. The molecule has 1 atom stereocenters. The third-order valence-electron chi connectivity index (χ3n) is 7.58. The van der Waals surface area contributed by atoms with Crippen LogP contribution in [0.25, 0.3) is 10.8 Å². The molecule has 160 valence electrons. The number of carbonyl (C=O) groups excluding carboxylic acids is 3. The van der Waals surface area contributed by atoms with Crippen molar-refractivity contribution < 1.29 is 19.1 Å². The Bertz CT molecular complexity index is 1110. The van der Waals surface area contributed by atoms with Gasteiger partial charge in [0.25, 0.3) is 5.91 Å². The van der Waals surface area contributed by atoms with Crippen LogP contribution in [0.15, 0.2) is 30.3 Å². The zero-order valence-electron chi connectivity index (χ0n) is 17.4. The number of rotatable bonds is 2. The molecule has 0 aromatic heterocycles. The fourth-order valence-electron chi connectivity index (χ4n) is 5.77. The van der Waals surface area contributed by atoms with Crippen molar-refractivity contribution in [2.24, 2.45) is 5.41 Å². The molecule has 0 radical (unpaired) electrons. The summed E-state index contributed by atoms with van der Waals surface area (Å²) in [5.74, 6) is -0.830. The lowest BCUT2D eigenvalue weighted by molar-refractivity contribution is -0.134. The number of carbonyl (C=O) groups is 3. The highest BCUT2D eigenvalue weighted by molar-refractivity contribution is 6.28. The van der Waals surface area contributed by atoms with E-state index in [-0.39, 0.29) is 18.2 Å². The van der Waals surface area contributed by atoms with Crippen LogP contribution in [0.5, 0.6) is 0 Å². The smallest absolute Gasteiger partial charge is 0.259 e. The largest absolute Gasteiger partial charge is 0.381 e. The molecule has 2 aromatic rings. The van der Waals surface area contributed by atoms with Crippen molar-refractivity contribution in [1.29, 1.82) is 0 Å². The lowest BCUT2D eigenvalue weighted by atomic mass is 9.78. The molecule has 3 fully saturated rings. The minimum Gasteiger partial charge on any atom is -0.381 e. The van der Waals surface area contributed by atoms with Gasteiger partial charge < -0.3 is 9.64 Å². The van der Waals surface area contributed by atoms with Gasteiger partial charge in [-0.25, -0.2) is 0 Å². The number of piperidine rings is 2. The van der Waals surface area contributed by atoms with Crippen molar-refractivity contribution in [2.75, 3.05) is 36.1 Å². The van der Waals surface area contributed by atoms with Gasteiger partial charge in [-0.3, -0.25) is 24.6 Å². The Morgan fingerprint density at radius 2 is 1.84 bits per heavy atom. The van der Waals surface area contributed by atoms with Crippen LogP contribution in [-0.4, -0.2) is 50.1 Å². The van der Waals surface area contributed by atoms with E-state index in [1.165, 1.54) is 0 Å². The number of hydrogen-bond acceptors (Lipinski definition) is 5. The quantitative estimate of drug-likeness (QED) is 0.757. The number of ether oxygens (including phenoxy) is 1. The van der Waals surface area contributed by atoms with Crippen LogP contribution in [-0.2, 0) is 14.3 Å². The number of amides is 3. The molecule has 1 spiro atoms. The van der Waals surface area contributed by atoms with E-state index < -0.39 is 11.9 Å². The summed E-state index contributed by atoms with van der Waals surface area (Å²) in [5.41, 5.74) is 2.89. The second-order valence-electron chi connectivity index (χ2n) is 9.26. The second-order valence-corrected chi connectivity index (χ2v) is 9.26. The molecule has 31 heavy (non-hydrogen) atoms. The Hall–Kier alpha value is -2.93. The lowest BCUT2D eigenvalue weighted by Gasteiger charge is -2.40.